The maximum absolute atomic E-state index is 8.94. The highest BCUT2D eigenvalue weighted by Crippen LogP contribution is 2.30. The molecule has 0 fully saturated rings. The van der Waals surface area contributed by atoms with E-state index in [0.29, 0.717) is 0 Å². The molecule has 0 saturated heterocycles. The molecule has 0 aliphatic heterocycles. The Morgan fingerprint density at radius 3 is 1.35 bits per heavy atom. The van der Waals surface area contributed by atoms with Gasteiger partial charge in [0.25, 0.3) is 0 Å². The van der Waals surface area contributed by atoms with Crippen LogP contribution in [-0.4, -0.2) is 15.3 Å². The number of aromatic hydroxyl groups is 3. The monoisotopic (exact) mass is 272 g/mol. The molecule has 0 aliphatic rings. The summed E-state index contributed by atoms with van der Waals surface area (Å²) in [4.78, 5) is 0. The summed E-state index contributed by atoms with van der Waals surface area (Å²) < 4.78 is 0. The van der Waals surface area contributed by atoms with Crippen LogP contribution in [0.25, 0.3) is 0 Å². The van der Waals surface area contributed by atoms with Crippen molar-refractivity contribution in [3.8, 4) is 17.2 Å². The van der Waals surface area contributed by atoms with Crippen LogP contribution in [0.1, 0.15) is 0 Å². The maximum atomic E-state index is 8.94. The zero-order valence-electron chi connectivity index (χ0n) is 8.64. The predicted octanol–water partition coefficient (Wildman–Crippen LogP) is 3.80. The van der Waals surface area contributed by atoms with Gasteiger partial charge in [-0.25, -0.2) is 0 Å². The van der Waals surface area contributed by atoms with Crippen LogP contribution in [-0.2, 0) is 0 Å². The Hall–Kier alpha value is -1.58. The summed E-state index contributed by atoms with van der Waals surface area (Å²) in [5.41, 5.74) is 0. The highest BCUT2D eigenvalue weighted by Gasteiger charge is 1.99. The molecule has 0 aliphatic carbocycles. The second-order valence-corrected chi connectivity index (χ2v) is 3.87. The molecular formula is C12H10Cl2O3. The highest BCUT2D eigenvalue weighted by atomic mass is 35.5. The van der Waals surface area contributed by atoms with Crippen LogP contribution < -0.4 is 0 Å². The van der Waals surface area contributed by atoms with Crippen molar-refractivity contribution in [1.82, 2.24) is 0 Å². The lowest BCUT2D eigenvalue weighted by Crippen LogP contribution is -1.67. The van der Waals surface area contributed by atoms with Crippen LogP contribution in [0.15, 0.2) is 42.5 Å². The fourth-order valence-corrected chi connectivity index (χ4v) is 1.35. The van der Waals surface area contributed by atoms with Gasteiger partial charge in [-0.05, 0) is 24.3 Å². The van der Waals surface area contributed by atoms with Crippen molar-refractivity contribution in [2.45, 2.75) is 0 Å². The van der Waals surface area contributed by atoms with E-state index in [4.69, 9.17) is 38.5 Å². The molecule has 0 heterocycles. The van der Waals surface area contributed by atoms with E-state index in [1.54, 1.807) is 30.3 Å². The van der Waals surface area contributed by atoms with E-state index in [1.165, 1.54) is 12.1 Å². The van der Waals surface area contributed by atoms with E-state index in [9.17, 15) is 0 Å². The minimum absolute atomic E-state index is 0.0548. The summed E-state index contributed by atoms with van der Waals surface area (Å²) >= 11 is 11.0. The Balaban J connectivity index is 0.000000171. The molecule has 0 amide bonds. The fourth-order valence-electron chi connectivity index (χ4n) is 0.953. The van der Waals surface area contributed by atoms with Gasteiger partial charge in [-0.15, -0.1) is 0 Å². The smallest absolute Gasteiger partial charge is 0.157 e. The Kier molecular flexibility index (Phi) is 4.94. The van der Waals surface area contributed by atoms with Crippen LogP contribution in [0.4, 0.5) is 0 Å². The van der Waals surface area contributed by atoms with E-state index in [-0.39, 0.29) is 27.3 Å². The third kappa shape index (κ3) is 4.06. The molecule has 3 N–H and O–H groups in total. The number of hydrogen-bond donors (Lipinski definition) is 3. The molecular weight excluding hydrogens is 263 g/mol. The molecule has 2 aromatic rings. The number of hydrogen-bond acceptors (Lipinski definition) is 3. The normalized spacial score (nSPS) is 9.29. The molecule has 0 aromatic heterocycles. The van der Waals surface area contributed by atoms with E-state index < -0.39 is 0 Å². The van der Waals surface area contributed by atoms with Crippen LogP contribution >= 0.6 is 23.2 Å². The Morgan fingerprint density at radius 2 is 1.06 bits per heavy atom. The lowest BCUT2D eigenvalue weighted by atomic mass is 10.3. The highest BCUT2D eigenvalue weighted by molar-refractivity contribution is 6.37. The van der Waals surface area contributed by atoms with Crippen molar-refractivity contribution in [2.75, 3.05) is 0 Å². The molecule has 0 spiro atoms. The molecule has 3 nitrogen and oxygen atoms in total. The molecule has 0 radical (unpaired) electrons. The zero-order valence-corrected chi connectivity index (χ0v) is 10.2. The van der Waals surface area contributed by atoms with E-state index in [2.05, 4.69) is 0 Å². The summed E-state index contributed by atoms with van der Waals surface area (Å²) in [6.07, 6.45) is 0. The number of phenols is 3. The van der Waals surface area contributed by atoms with E-state index in [0.717, 1.165) is 0 Å². The van der Waals surface area contributed by atoms with Gasteiger partial charge in [0.05, 0.1) is 10.0 Å². The van der Waals surface area contributed by atoms with Crippen molar-refractivity contribution >= 4 is 23.2 Å². The third-order valence-corrected chi connectivity index (χ3v) is 2.43. The first kappa shape index (κ1) is 13.5. The Labute approximate surface area is 108 Å². The number of rotatable bonds is 0. The maximum Gasteiger partial charge on any atom is 0.157 e. The number of para-hydroxylation sites is 3. The summed E-state index contributed by atoms with van der Waals surface area (Å²) in [6, 6.07) is 11.0. The molecule has 0 atom stereocenters. The zero-order chi connectivity index (χ0) is 12.8. The number of benzene rings is 2. The molecule has 0 bridgehead atoms. The quantitative estimate of drug-likeness (QED) is 0.640. The van der Waals surface area contributed by atoms with Gasteiger partial charge in [-0.1, -0.05) is 41.4 Å². The Morgan fingerprint density at radius 1 is 0.647 bits per heavy atom. The second-order valence-electron chi connectivity index (χ2n) is 3.06. The molecule has 5 heteroatoms. The lowest BCUT2D eigenvalue weighted by molar-refractivity contribution is 0.404. The van der Waals surface area contributed by atoms with Crippen molar-refractivity contribution in [3.63, 3.8) is 0 Å². The van der Waals surface area contributed by atoms with Gasteiger partial charge in [0.1, 0.15) is 0 Å². The third-order valence-electron chi connectivity index (χ3n) is 1.82. The van der Waals surface area contributed by atoms with Crippen molar-refractivity contribution in [1.29, 1.82) is 0 Å². The van der Waals surface area contributed by atoms with Crippen molar-refractivity contribution < 1.29 is 15.3 Å². The van der Waals surface area contributed by atoms with E-state index >= 15 is 0 Å². The molecule has 0 unspecified atom stereocenters. The molecule has 17 heavy (non-hydrogen) atoms. The number of phenolic OH excluding ortho intramolecular Hbond substituents is 3. The average Bonchev–Trinajstić information content (AvgIpc) is 2.31. The van der Waals surface area contributed by atoms with Gasteiger partial charge in [-0.2, -0.15) is 0 Å². The largest absolute Gasteiger partial charge is 0.505 e. The summed E-state index contributed by atoms with van der Waals surface area (Å²) in [5.74, 6) is -0.208. The molecule has 0 saturated carbocycles. The summed E-state index contributed by atoms with van der Waals surface area (Å²) in [5, 5.41) is 26.8. The standard InChI is InChI=1S/C6H4Cl2O.C6H6O2/c7-4-2-1-3-5(8)6(4)9;7-5-3-1-2-4-6(5)8/h1-3,9H;1-4,7-8H. The first-order valence-electron chi connectivity index (χ1n) is 4.62. The average molecular weight is 273 g/mol. The van der Waals surface area contributed by atoms with E-state index in [1.807, 2.05) is 0 Å². The minimum atomic E-state index is -0.0764. The molecule has 2 aromatic carbocycles. The molecule has 2 rings (SSSR count). The lowest BCUT2D eigenvalue weighted by Gasteiger charge is -1.95. The fraction of sp³-hybridized carbons (Fsp3) is 0. The summed E-state index contributed by atoms with van der Waals surface area (Å²) in [6.45, 7) is 0. The SMILES string of the molecule is Oc1c(Cl)cccc1Cl.Oc1ccccc1O. The minimum Gasteiger partial charge on any atom is -0.505 e. The number of halogens is 2. The first-order chi connectivity index (χ1) is 8.02. The van der Waals surface area contributed by atoms with Crippen LogP contribution in [0.2, 0.25) is 10.0 Å². The Bertz CT molecular complexity index is 460. The van der Waals surface area contributed by atoms with Gasteiger partial charge in [0.2, 0.25) is 0 Å². The topological polar surface area (TPSA) is 60.7 Å². The first-order valence-corrected chi connectivity index (χ1v) is 5.38. The van der Waals surface area contributed by atoms with Crippen molar-refractivity contribution in [2.24, 2.45) is 0 Å². The van der Waals surface area contributed by atoms with Gasteiger partial charge in [0, 0.05) is 0 Å². The second kappa shape index (κ2) is 6.23. The van der Waals surface area contributed by atoms with Crippen LogP contribution in [0.5, 0.6) is 17.2 Å². The van der Waals surface area contributed by atoms with Gasteiger partial charge in [-0.3, -0.25) is 0 Å². The van der Waals surface area contributed by atoms with Crippen molar-refractivity contribution in [3.05, 3.63) is 52.5 Å². The predicted molar refractivity (Wildman–Crippen MR) is 67.9 cm³/mol. The summed E-state index contributed by atoms with van der Waals surface area (Å²) in [7, 11) is 0. The van der Waals surface area contributed by atoms with Gasteiger partial charge < -0.3 is 15.3 Å². The van der Waals surface area contributed by atoms with Gasteiger partial charge >= 0.3 is 0 Å². The van der Waals surface area contributed by atoms with Gasteiger partial charge in [0.15, 0.2) is 17.2 Å². The van der Waals surface area contributed by atoms with Crippen LogP contribution in [0, 0.1) is 0 Å². The molecule has 90 valence electrons. The van der Waals surface area contributed by atoms with Crippen LogP contribution in [0.3, 0.4) is 0 Å².